The zero-order valence-corrected chi connectivity index (χ0v) is 19.8. The van der Waals surface area contributed by atoms with Crippen LogP contribution in [0.1, 0.15) is 24.0 Å². The van der Waals surface area contributed by atoms with Gasteiger partial charge < -0.3 is 9.80 Å². The number of halogens is 2. The molecule has 0 spiro atoms. The SMILES string of the molecule is Fc1ccccc1N1CCN(c2nc(Cl)nc3scc(-c4ccc5c(c4)CCCC5)c23)CC1. The van der Waals surface area contributed by atoms with Crippen molar-refractivity contribution in [3.05, 3.63) is 70.1 Å². The van der Waals surface area contributed by atoms with E-state index in [0.29, 0.717) is 5.69 Å². The Kier molecular flexibility index (Phi) is 5.43. The summed E-state index contributed by atoms with van der Waals surface area (Å²) in [5.41, 5.74) is 6.00. The number of anilines is 2. The summed E-state index contributed by atoms with van der Waals surface area (Å²) < 4.78 is 14.3. The molecule has 1 aliphatic carbocycles. The molecule has 0 radical (unpaired) electrons. The van der Waals surface area contributed by atoms with E-state index in [1.165, 1.54) is 47.6 Å². The Hall–Kier alpha value is -2.70. The minimum atomic E-state index is -0.175. The van der Waals surface area contributed by atoms with Crippen LogP contribution in [0, 0.1) is 5.82 Å². The van der Waals surface area contributed by atoms with Crippen LogP contribution in [0.3, 0.4) is 0 Å². The number of aryl methyl sites for hydroxylation is 2. The lowest BCUT2D eigenvalue weighted by atomic mass is 9.89. The molecule has 168 valence electrons. The number of thiophene rings is 1. The molecule has 0 atom stereocenters. The van der Waals surface area contributed by atoms with E-state index >= 15 is 0 Å². The summed E-state index contributed by atoms with van der Waals surface area (Å²) in [6, 6.07) is 13.9. The van der Waals surface area contributed by atoms with E-state index in [1.807, 2.05) is 12.1 Å². The van der Waals surface area contributed by atoms with Gasteiger partial charge in [-0.1, -0.05) is 30.3 Å². The van der Waals surface area contributed by atoms with Gasteiger partial charge in [0.2, 0.25) is 5.28 Å². The summed E-state index contributed by atoms with van der Waals surface area (Å²) in [5.74, 6) is 0.707. The number of piperazine rings is 1. The third-order valence-corrected chi connectivity index (χ3v) is 7.86. The summed E-state index contributed by atoms with van der Waals surface area (Å²) in [6.45, 7) is 2.94. The molecule has 0 saturated carbocycles. The molecule has 0 bridgehead atoms. The third kappa shape index (κ3) is 3.85. The molecule has 6 rings (SSSR count). The highest BCUT2D eigenvalue weighted by molar-refractivity contribution is 7.17. The maximum Gasteiger partial charge on any atom is 0.225 e. The average Bonchev–Trinajstić information content (AvgIpc) is 3.27. The monoisotopic (exact) mass is 478 g/mol. The van der Waals surface area contributed by atoms with Gasteiger partial charge >= 0.3 is 0 Å². The Labute approximate surface area is 201 Å². The maximum absolute atomic E-state index is 14.3. The molecule has 4 nitrogen and oxygen atoms in total. The average molecular weight is 479 g/mol. The van der Waals surface area contributed by atoms with Crippen molar-refractivity contribution in [2.24, 2.45) is 0 Å². The van der Waals surface area contributed by atoms with Crippen LogP contribution in [0.2, 0.25) is 5.28 Å². The van der Waals surface area contributed by atoms with Crippen molar-refractivity contribution in [1.29, 1.82) is 0 Å². The summed E-state index contributed by atoms with van der Waals surface area (Å²) in [4.78, 5) is 14.5. The molecule has 2 aliphatic rings. The fourth-order valence-corrected chi connectivity index (χ4v) is 6.26. The van der Waals surface area contributed by atoms with Crippen molar-refractivity contribution in [3.8, 4) is 11.1 Å². The summed E-state index contributed by atoms with van der Waals surface area (Å²) in [7, 11) is 0. The second-order valence-electron chi connectivity index (χ2n) is 8.76. The minimum absolute atomic E-state index is 0.175. The van der Waals surface area contributed by atoms with Gasteiger partial charge in [0, 0.05) is 37.1 Å². The van der Waals surface area contributed by atoms with Crippen LogP contribution in [0.15, 0.2) is 47.8 Å². The van der Waals surface area contributed by atoms with Crippen LogP contribution in [0.4, 0.5) is 15.9 Å². The quantitative estimate of drug-likeness (QED) is 0.321. The van der Waals surface area contributed by atoms with Crippen LogP contribution in [0.25, 0.3) is 21.3 Å². The number of fused-ring (bicyclic) bond motifs is 2. The Morgan fingerprint density at radius 3 is 2.45 bits per heavy atom. The zero-order valence-electron chi connectivity index (χ0n) is 18.2. The van der Waals surface area contributed by atoms with Gasteiger partial charge in [-0.05, 0) is 66.1 Å². The summed E-state index contributed by atoms with van der Waals surface area (Å²) in [5, 5.41) is 3.52. The highest BCUT2D eigenvalue weighted by atomic mass is 35.5. The van der Waals surface area contributed by atoms with Gasteiger partial charge in [-0.15, -0.1) is 11.3 Å². The number of benzene rings is 2. The second-order valence-corrected chi connectivity index (χ2v) is 9.96. The number of hydrogen-bond donors (Lipinski definition) is 0. The van der Waals surface area contributed by atoms with Crippen LogP contribution in [-0.2, 0) is 12.8 Å². The molecule has 0 N–H and O–H groups in total. The molecule has 1 saturated heterocycles. The molecule has 2 aromatic carbocycles. The molecular weight excluding hydrogens is 455 g/mol. The molecule has 0 unspecified atom stereocenters. The number of aromatic nitrogens is 2. The number of hydrogen-bond acceptors (Lipinski definition) is 5. The van der Waals surface area contributed by atoms with Crippen molar-refractivity contribution in [3.63, 3.8) is 0 Å². The lowest BCUT2D eigenvalue weighted by Gasteiger charge is -2.37. The second kappa shape index (κ2) is 8.58. The van der Waals surface area contributed by atoms with Crippen molar-refractivity contribution >= 4 is 44.7 Å². The summed E-state index contributed by atoms with van der Waals surface area (Å²) >= 11 is 7.95. The topological polar surface area (TPSA) is 32.3 Å². The highest BCUT2D eigenvalue weighted by Crippen LogP contribution is 2.40. The van der Waals surface area contributed by atoms with Crippen LogP contribution in [-0.4, -0.2) is 36.1 Å². The number of nitrogens with zero attached hydrogens (tertiary/aromatic N) is 4. The van der Waals surface area contributed by atoms with Crippen molar-refractivity contribution in [2.75, 3.05) is 36.0 Å². The molecule has 33 heavy (non-hydrogen) atoms. The Bertz CT molecular complexity index is 1330. The Balaban J connectivity index is 1.35. The first-order valence-corrected chi connectivity index (χ1v) is 12.7. The van der Waals surface area contributed by atoms with E-state index in [9.17, 15) is 4.39 Å². The Morgan fingerprint density at radius 2 is 1.64 bits per heavy atom. The number of rotatable bonds is 3. The van der Waals surface area contributed by atoms with E-state index in [1.54, 1.807) is 17.4 Å². The molecule has 1 fully saturated rings. The van der Waals surface area contributed by atoms with E-state index in [-0.39, 0.29) is 11.1 Å². The van der Waals surface area contributed by atoms with Gasteiger partial charge in [0.1, 0.15) is 16.5 Å². The van der Waals surface area contributed by atoms with Gasteiger partial charge in [-0.25, -0.2) is 9.37 Å². The first-order chi connectivity index (χ1) is 16.2. The predicted octanol–water partition coefficient (Wildman–Crippen LogP) is 6.36. The molecule has 4 aromatic rings. The van der Waals surface area contributed by atoms with Gasteiger partial charge in [0.05, 0.1) is 11.1 Å². The fraction of sp³-hybridized carbons (Fsp3) is 0.308. The third-order valence-electron chi connectivity index (χ3n) is 6.82. The maximum atomic E-state index is 14.3. The fourth-order valence-electron chi connectivity index (χ4n) is 5.11. The first kappa shape index (κ1) is 20.9. The first-order valence-electron chi connectivity index (χ1n) is 11.5. The molecule has 2 aromatic heterocycles. The molecule has 0 amide bonds. The largest absolute Gasteiger partial charge is 0.366 e. The minimum Gasteiger partial charge on any atom is -0.366 e. The van der Waals surface area contributed by atoms with Gasteiger partial charge in [0.25, 0.3) is 0 Å². The van der Waals surface area contributed by atoms with Crippen molar-refractivity contribution < 1.29 is 4.39 Å². The van der Waals surface area contributed by atoms with E-state index in [0.717, 1.165) is 48.6 Å². The lowest BCUT2D eigenvalue weighted by Crippen LogP contribution is -2.47. The molecule has 3 heterocycles. The van der Waals surface area contributed by atoms with Crippen LogP contribution >= 0.6 is 22.9 Å². The van der Waals surface area contributed by atoms with Gasteiger partial charge in [-0.2, -0.15) is 4.98 Å². The molecular formula is C26H24ClFN4S. The van der Waals surface area contributed by atoms with Gasteiger partial charge in [0.15, 0.2) is 0 Å². The van der Waals surface area contributed by atoms with E-state index in [2.05, 4.69) is 43.3 Å². The summed E-state index contributed by atoms with van der Waals surface area (Å²) in [6.07, 6.45) is 4.87. The molecule has 1 aliphatic heterocycles. The van der Waals surface area contributed by atoms with Crippen molar-refractivity contribution in [1.82, 2.24) is 9.97 Å². The van der Waals surface area contributed by atoms with E-state index in [4.69, 9.17) is 11.6 Å². The normalized spacial score (nSPS) is 16.3. The van der Waals surface area contributed by atoms with E-state index < -0.39 is 0 Å². The standard InChI is InChI=1S/C26H24ClFN4S/c27-26-29-24(32-13-11-31(12-14-32)22-8-4-3-7-21(22)28)23-20(16-33-25(23)30-26)19-10-9-17-5-1-2-6-18(17)15-19/h3-4,7-10,15-16H,1-2,5-6,11-14H2. The number of para-hydroxylation sites is 1. The predicted molar refractivity (Wildman–Crippen MR) is 135 cm³/mol. The highest BCUT2D eigenvalue weighted by Gasteiger charge is 2.25. The van der Waals surface area contributed by atoms with Crippen molar-refractivity contribution in [2.45, 2.75) is 25.7 Å². The Morgan fingerprint density at radius 1 is 0.879 bits per heavy atom. The van der Waals surface area contributed by atoms with Gasteiger partial charge in [-0.3, -0.25) is 0 Å². The molecule has 7 heteroatoms. The van der Waals surface area contributed by atoms with Crippen LogP contribution in [0.5, 0.6) is 0 Å². The zero-order chi connectivity index (χ0) is 22.4. The smallest absolute Gasteiger partial charge is 0.225 e. The van der Waals surface area contributed by atoms with Crippen LogP contribution < -0.4 is 9.80 Å². The lowest BCUT2D eigenvalue weighted by molar-refractivity contribution is 0.596.